The summed E-state index contributed by atoms with van der Waals surface area (Å²) in [5.41, 5.74) is 0.579. The van der Waals surface area contributed by atoms with Gasteiger partial charge in [-0.2, -0.15) is 0 Å². The van der Waals surface area contributed by atoms with Crippen LogP contribution >= 0.6 is 23.2 Å². The van der Waals surface area contributed by atoms with Crippen molar-refractivity contribution in [3.63, 3.8) is 0 Å². The number of rotatable bonds is 13. The molecule has 3 aromatic carbocycles. The number of anilines is 1. The average Bonchev–Trinajstić information content (AvgIpc) is 2.99. The molecule has 226 valence electrons. The summed E-state index contributed by atoms with van der Waals surface area (Å²) in [6, 6.07) is 16.1. The molecule has 0 bridgehead atoms. The van der Waals surface area contributed by atoms with Crippen molar-refractivity contribution in [1.82, 2.24) is 10.2 Å². The molecule has 3 rings (SSSR count). The number of carbonyl (C=O) groups excluding carboxylic acids is 2. The van der Waals surface area contributed by atoms with Gasteiger partial charge in [-0.25, -0.2) is 8.42 Å². The van der Waals surface area contributed by atoms with Gasteiger partial charge in [0.25, 0.3) is 10.0 Å². The van der Waals surface area contributed by atoms with Crippen LogP contribution in [-0.4, -0.2) is 58.0 Å². The van der Waals surface area contributed by atoms with Crippen molar-refractivity contribution in [2.24, 2.45) is 0 Å². The lowest BCUT2D eigenvalue weighted by atomic mass is 10.1. The molecule has 0 radical (unpaired) electrons. The first-order chi connectivity index (χ1) is 19.9. The molecule has 12 heteroatoms. The number of amides is 2. The zero-order valence-electron chi connectivity index (χ0n) is 24.1. The molecule has 1 N–H and O–H groups in total. The number of para-hydroxylation sites is 2. The molecule has 0 saturated carbocycles. The molecule has 0 fully saturated rings. The predicted octanol–water partition coefficient (Wildman–Crippen LogP) is 5.54. The number of ether oxygens (including phenoxy) is 2. The van der Waals surface area contributed by atoms with Gasteiger partial charge in [0.2, 0.25) is 11.8 Å². The highest BCUT2D eigenvalue weighted by Crippen LogP contribution is 2.33. The Kier molecular flexibility index (Phi) is 11.5. The maximum atomic E-state index is 14.1. The SMILES string of the molecule is CC[C@@H](C)NC(=O)[C@@H](C)N(Cc1c(Cl)cccc1Cl)C(=O)CN(c1ccccc1OC)S(=O)(=O)c1ccc(OC)cc1. The van der Waals surface area contributed by atoms with Crippen LogP contribution in [0.1, 0.15) is 32.8 Å². The first-order valence-electron chi connectivity index (χ1n) is 13.3. The molecule has 2 amide bonds. The third kappa shape index (κ3) is 7.67. The fourth-order valence-electron chi connectivity index (χ4n) is 4.13. The largest absolute Gasteiger partial charge is 0.497 e. The van der Waals surface area contributed by atoms with Gasteiger partial charge >= 0.3 is 0 Å². The Bertz CT molecular complexity index is 1480. The summed E-state index contributed by atoms with van der Waals surface area (Å²) < 4.78 is 39.7. The molecule has 2 atom stereocenters. The predicted molar refractivity (Wildman–Crippen MR) is 165 cm³/mol. The van der Waals surface area contributed by atoms with E-state index in [9.17, 15) is 18.0 Å². The van der Waals surface area contributed by atoms with Crippen molar-refractivity contribution in [2.75, 3.05) is 25.1 Å². The molecule has 3 aromatic rings. The van der Waals surface area contributed by atoms with Gasteiger partial charge in [-0.3, -0.25) is 13.9 Å². The lowest BCUT2D eigenvalue weighted by molar-refractivity contribution is -0.139. The monoisotopic (exact) mass is 635 g/mol. The highest BCUT2D eigenvalue weighted by atomic mass is 35.5. The minimum atomic E-state index is -4.30. The zero-order valence-corrected chi connectivity index (χ0v) is 26.5. The second-order valence-corrected chi connectivity index (χ2v) is 12.3. The Labute approximate surface area is 257 Å². The van der Waals surface area contributed by atoms with Crippen LogP contribution < -0.4 is 19.1 Å². The highest BCUT2D eigenvalue weighted by Gasteiger charge is 2.34. The van der Waals surface area contributed by atoms with Crippen LogP contribution in [0.25, 0.3) is 0 Å². The molecular formula is C30H35Cl2N3O6S. The number of benzene rings is 3. The molecule has 0 aromatic heterocycles. The lowest BCUT2D eigenvalue weighted by Gasteiger charge is -2.33. The summed E-state index contributed by atoms with van der Waals surface area (Å²) >= 11 is 12.9. The molecule has 0 aliphatic heterocycles. The van der Waals surface area contributed by atoms with Crippen molar-refractivity contribution < 1.29 is 27.5 Å². The van der Waals surface area contributed by atoms with Crippen molar-refractivity contribution in [2.45, 2.75) is 50.7 Å². The minimum absolute atomic E-state index is 0.0646. The molecule has 0 aliphatic rings. The van der Waals surface area contributed by atoms with Gasteiger partial charge in [-0.15, -0.1) is 0 Å². The van der Waals surface area contributed by atoms with Crippen LogP contribution in [0.5, 0.6) is 11.5 Å². The quantitative estimate of drug-likeness (QED) is 0.264. The van der Waals surface area contributed by atoms with Crippen LogP contribution in [0.3, 0.4) is 0 Å². The number of hydrogen-bond acceptors (Lipinski definition) is 6. The van der Waals surface area contributed by atoms with Crippen LogP contribution in [0.2, 0.25) is 10.0 Å². The lowest BCUT2D eigenvalue weighted by Crippen LogP contribution is -2.52. The maximum Gasteiger partial charge on any atom is 0.264 e. The third-order valence-corrected chi connectivity index (χ3v) is 9.32. The van der Waals surface area contributed by atoms with Crippen LogP contribution in [0.15, 0.2) is 71.6 Å². The van der Waals surface area contributed by atoms with Gasteiger partial charge < -0.3 is 19.7 Å². The van der Waals surface area contributed by atoms with Crippen molar-refractivity contribution in [1.29, 1.82) is 0 Å². The van der Waals surface area contributed by atoms with Gasteiger partial charge in [0.1, 0.15) is 24.1 Å². The summed E-state index contributed by atoms with van der Waals surface area (Å²) in [7, 11) is -1.42. The van der Waals surface area contributed by atoms with E-state index in [1.54, 1.807) is 49.4 Å². The Hall–Kier alpha value is -3.47. The molecule has 42 heavy (non-hydrogen) atoms. The highest BCUT2D eigenvalue weighted by molar-refractivity contribution is 7.92. The Morgan fingerprint density at radius 3 is 2.10 bits per heavy atom. The number of carbonyl (C=O) groups is 2. The summed E-state index contributed by atoms with van der Waals surface area (Å²) in [5, 5.41) is 3.50. The third-order valence-electron chi connectivity index (χ3n) is 6.84. The van der Waals surface area contributed by atoms with E-state index in [0.29, 0.717) is 27.8 Å². The summed E-state index contributed by atoms with van der Waals surface area (Å²) in [6.07, 6.45) is 0.685. The van der Waals surface area contributed by atoms with Gasteiger partial charge in [-0.05, 0) is 68.8 Å². The van der Waals surface area contributed by atoms with E-state index in [0.717, 1.165) is 4.31 Å². The average molecular weight is 637 g/mol. The van der Waals surface area contributed by atoms with E-state index < -0.39 is 34.4 Å². The molecule has 0 saturated heterocycles. The van der Waals surface area contributed by atoms with Crippen molar-refractivity contribution >= 4 is 50.7 Å². The van der Waals surface area contributed by atoms with E-state index >= 15 is 0 Å². The van der Waals surface area contributed by atoms with E-state index in [1.165, 1.54) is 43.4 Å². The fraction of sp³-hybridized carbons (Fsp3) is 0.333. The number of sulfonamides is 1. The summed E-state index contributed by atoms with van der Waals surface area (Å²) in [5.74, 6) is -0.341. The standard InChI is InChI=1S/C30H35Cl2N3O6S/c1-6-20(2)33-30(37)21(3)34(18-24-25(31)10-9-11-26(24)32)29(36)19-35(27-12-7-8-13-28(27)41-5)42(38,39)23-16-14-22(40-4)15-17-23/h7-17,20-21H,6,18-19H2,1-5H3,(H,33,37)/t20-,21-/m1/s1. The van der Waals surface area contributed by atoms with Gasteiger partial charge in [0.15, 0.2) is 0 Å². The van der Waals surface area contributed by atoms with Gasteiger partial charge in [-0.1, -0.05) is 48.3 Å². The normalized spacial score (nSPS) is 12.6. The van der Waals surface area contributed by atoms with E-state index in [1.807, 2.05) is 13.8 Å². The molecule has 0 aliphatic carbocycles. The smallest absolute Gasteiger partial charge is 0.264 e. The number of nitrogens with zero attached hydrogens (tertiary/aromatic N) is 2. The Morgan fingerprint density at radius 1 is 0.905 bits per heavy atom. The maximum absolute atomic E-state index is 14.1. The molecular weight excluding hydrogens is 601 g/mol. The topological polar surface area (TPSA) is 105 Å². The zero-order chi connectivity index (χ0) is 31.0. The number of nitrogens with one attached hydrogen (secondary N) is 1. The number of halogens is 2. The molecule has 0 unspecified atom stereocenters. The number of hydrogen-bond donors (Lipinski definition) is 1. The molecule has 0 heterocycles. The minimum Gasteiger partial charge on any atom is -0.497 e. The van der Waals surface area contributed by atoms with Crippen LogP contribution in [-0.2, 0) is 26.2 Å². The molecule has 0 spiro atoms. The first kappa shape index (κ1) is 33.0. The van der Waals surface area contributed by atoms with Crippen molar-refractivity contribution in [3.8, 4) is 11.5 Å². The van der Waals surface area contributed by atoms with Crippen molar-refractivity contribution in [3.05, 3.63) is 82.3 Å². The second-order valence-electron chi connectivity index (χ2n) is 9.57. The van der Waals surface area contributed by atoms with Gasteiger partial charge in [0.05, 0.1) is 24.8 Å². The number of methoxy groups -OCH3 is 2. The van der Waals surface area contributed by atoms with Gasteiger partial charge in [0, 0.05) is 28.2 Å². The first-order valence-corrected chi connectivity index (χ1v) is 15.5. The van der Waals surface area contributed by atoms with E-state index in [4.69, 9.17) is 32.7 Å². The Balaban J connectivity index is 2.10. The fourth-order valence-corrected chi connectivity index (χ4v) is 6.07. The Morgan fingerprint density at radius 2 is 1.52 bits per heavy atom. The van der Waals surface area contributed by atoms with Crippen LogP contribution in [0.4, 0.5) is 5.69 Å². The summed E-state index contributed by atoms with van der Waals surface area (Å²) in [6.45, 7) is 4.59. The van der Waals surface area contributed by atoms with Crippen LogP contribution in [0, 0.1) is 0 Å². The van der Waals surface area contributed by atoms with E-state index in [-0.39, 0.29) is 28.9 Å². The second kappa shape index (κ2) is 14.6. The summed E-state index contributed by atoms with van der Waals surface area (Å²) in [4.78, 5) is 28.6. The molecule has 9 nitrogen and oxygen atoms in total. The van der Waals surface area contributed by atoms with E-state index in [2.05, 4.69) is 5.32 Å².